The summed E-state index contributed by atoms with van der Waals surface area (Å²) in [5.41, 5.74) is 3.66. The van der Waals surface area contributed by atoms with Crippen LogP contribution in [-0.4, -0.2) is 30.9 Å². The van der Waals surface area contributed by atoms with Gasteiger partial charge in [-0.2, -0.15) is 0 Å². The van der Waals surface area contributed by atoms with Gasteiger partial charge in [0.05, 0.1) is 5.56 Å². The van der Waals surface area contributed by atoms with E-state index < -0.39 is 0 Å². The Morgan fingerprint density at radius 3 is 2.40 bits per heavy atom. The van der Waals surface area contributed by atoms with Crippen LogP contribution in [0.1, 0.15) is 20.7 Å². The van der Waals surface area contributed by atoms with E-state index in [0.717, 1.165) is 0 Å². The molecule has 0 spiro atoms. The lowest BCUT2D eigenvalue weighted by atomic mass is 10.2. The Morgan fingerprint density at radius 2 is 1.75 bits per heavy atom. The van der Waals surface area contributed by atoms with Gasteiger partial charge in [0.1, 0.15) is 5.00 Å². The molecule has 2 rings (SSSR count). The van der Waals surface area contributed by atoms with Crippen LogP contribution in [-0.2, 0) is 0 Å². The number of hydrazine groups is 1. The van der Waals surface area contributed by atoms with E-state index in [1.165, 1.54) is 11.3 Å². The number of rotatable bonds is 4. The van der Waals surface area contributed by atoms with Gasteiger partial charge >= 0.3 is 0 Å². The van der Waals surface area contributed by atoms with Crippen LogP contribution in [0.5, 0.6) is 0 Å². The number of nitrogens with zero attached hydrogens (tertiary/aromatic N) is 1. The Morgan fingerprint density at radius 1 is 1.05 bits per heavy atom. The first-order valence-electron chi connectivity index (χ1n) is 6.00. The summed E-state index contributed by atoms with van der Waals surface area (Å²) in [6.07, 6.45) is 0. The maximum absolute atomic E-state index is 12.1. The van der Waals surface area contributed by atoms with Crippen LogP contribution in [0.15, 0.2) is 41.8 Å². The highest BCUT2D eigenvalue weighted by Crippen LogP contribution is 2.23. The molecule has 20 heavy (non-hydrogen) atoms. The van der Waals surface area contributed by atoms with Crippen LogP contribution in [0.3, 0.4) is 0 Å². The van der Waals surface area contributed by atoms with Crippen molar-refractivity contribution in [2.75, 3.05) is 19.4 Å². The molecule has 0 aliphatic heterocycles. The van der Waals surface area contributed by atoms with Crippen molar-refractivity contribution in [2.24, 2.45) is 0 Å². The van der Waals surface area contributed by atoms with Gasteiger partial charge in [0, 0.05) is 19.7 Å². The Balaban J connectivity index is 2.13. The Hall–Kier alpha value is -2.18. The smallest absolute Gasteiger partial charge is 0.268 e. The number of benzene rings is 1. The van der Waals surface area contributed by atoms with Gasteiger partial charge in [-0.15, -0.1) is 11.3 Å². The van der Waals surface area contributed by atoms with Crippen molar-refractivity contribution in [3.05, 3.63) is 52.9 Å². The highest BCUT2D eigenvalue weighted by Gasteiger charge is 2.16. The van der Waals surface area contributed by atoms with Crippen molar-refractivity contribution in [1.29, 1.82) is 0 Å². The van der Waals surface area contributed by atoms with Crippen LogP contribution in [0.2, 0.25) is 0 Å². The quantitative estimate of drug-likeness (QED) is 0.848. The van der Waals surface area contributed by atoms with Gasteiger partial charge in [-0.05, 0) is 23.6 Å². The second kappa shape index (κ2) is 6.31. The second-order valence-electron chi connectivity index (χ2n) is 4.32. The zero-order valence-corrected chi connectivity index (χ0v) is 12.0. The average molecular weight is 289 g/mol. The van der Waals surface area contributed by atoms with Gasteiger partial charge in [-0.3, -0.25) is 15.0 Å². The molecule has 0 radical (unpaired) electrons. The molecule has 0 aliphatic carbocycles. The summed E-state index contributed by atoms with van der Waals surface area (Å²) in [5, 5.41) is 6.63. The summed E-state index contributed by atoms with van der Waals surface area (Å²) in [6.45, 7) is 0. The summed E-state index contributed by atoms with van der Waals surface area (Å²) in [4.78, 5) is 24.0. The lowest BCUT2D eigenvalue weighted by Gasteiger charge is -2.12. The molecule has 0 bridgehead atoms. The average Bonchev–Trinajstić information content (AvgIpc) is 2.87. The highest BCUT2D eigenvalue weighted by molar-refractivity contribution is 7.14. The molecule has 0 saturated carbocycles. The number of carbonyl (C=O) groups excluding carboxylic acids is 2. The number of carbonyl (C=O) groups is 2. The van der Waals surface area contributed by atoms with E-state index in [4.69, 9.17) is 0 Å². The van der Waals surface area contributed by atoms with Crippen molar-refractivity contribution in [2.45, 2.75) is 0 Å². The first kappa shape index (κ1) is 14.2. The van der Waals surface area contributed by atoms with Crippen LogP contribution >= 0.6 is 11.3 Å². The Kier molecular flexibility index (Phi) is 4.49. The first-order chi connectivity index (χ1) is 9.58. The lowest BCUT2D eigenvalue weighted by molar-refractivity contribution is 0.0858. The molecule has 104 valence electrons. The molecular weight excluding hydrogens is 274 g/mol. The van der Waals surface area contributed by atoms with Gasteiger partial charge in [0.2, 0.25) is 0 Å². The number of hydrogen-bond acceptors (Lipinski definition) is 4. The lowest BCUT2D eigenvalue weighted by Crippen LogP contribution is -2.36. The molecule has 0 aliphatic rings. The molecule has 0 atom stereocenters. The minimum atomic E-state index is -0.250. The fourth-order valence-electron chi connectivity index (χ4n) is 1.61. The molecule has 5 nitrogen and oxygen atoms in total. The van der Waals surface area contributed by atoms with E-state index in [9.17, 15) is 9.59 Å². The van der Waals surface area contributed by atoms with Crippen molar-refractivity contribution >= 4 is 28.2 Å². The first-order valence-corrected chi connectivity index (χ1v) is 6.88. The Labute approximate surface area is 121 Å². The minimum Gasteiger partial charge on any atom is -0.313 e. The molecule has 1 aromatic heterocycles. The number of anilines is 1. The number of amides is 2. The van der Waals surface area contributed by atoms with Crippen molar-refractivity contribution in [1.82, 2.24) is 10.4 Å². The molecule has 0 unspecified atom stereocenters. The molecule has 2 amide bonds. The van der Waals surface area contributed by atoms with E-state index in [2.05, 4.69) is 10.7 Å². The van der Waals surface area contributed by atoms with Gasteiger partial charge in [0.15, 0.2) is 0 Å². The van der Waals surface area contributed by atoms with Crippen molar-refractivity contribution in [3.63, 3.8) is 0 Å². The summed E-state index contributed by atoms with van der Waals surface area (Å²) < 4.78 is 0. The van der Waals surface area contributed by atoms with Gasteiger partial charge < -0.3 is 5.32 Å². The van der Waals surface area contributed by atoms with Crippen LogP contribution in [0.4, 0.5) is 5.00 Å². The summed E-state index contributed by atoms with van der Waals surface area (Å²) in [7, 11) is 3.46. The monoisotopic (exact) mass is 289 g/mol. The molecule has 0 fully saturated rings. The maximum atomic E-state index is 12.1. The van der Waals surface area contributed by atoms with E-state index in [1.54, 1.807) is 54.8 Å². The van der Waals surface area contributed by atoms with Crippen LogP contribution in [0, 0.1) is 0 Å². The Bertz CT molecular complexity index is 608. The zero-order chi connectivity index (χ0) is 14.5. The summed E-state index contributed by atoms with van der Waals surface area (Å²) in [6, 6.07) is 10.6. The van der Waals surface area contributed by atoms with Crippen LogP contribution in [0.25, 0.3) is 0 Å². The largest absolute Gasteiger partial charge is 0.313 e. The van der Waals surface area contributed by atoms with Crippen LogP contribution < -0.4 is 10.7 Å². The fraction of sp³-hybridized carbons (Fsp3) is 0.143. The van der Waals surface area contributed by atoms with E-state index in [1.807, 2.05) is 6.07 Å². The molecular formula is C14H15N3O2S. The van der Waals surface area contributed by atoms with Crippen molar-refractivity contribution in [3.8, 4) is 0 Å². The minimum absolute atomic E-state index is 0.230. The zero-order valence-electron chi connectivity index (χ0n) is 11.2. The maximum Gasteiger partial charge on any atom is 0.268 e. The van der Waals surface area contributed by atoms with E-state index >= 15 is 0 Å². The summed E-state index contributed by atoms with van der Waals surface area (Å²) in [5.74, 6) is -0.480. The summed E-state index contributed by atoms with van der Waals surface area (Å²) >= 11 is 1.32. The molecule has 2 aromatic rings. The standard InChI is InChI=1S/C14H15N3O2S/c1-17(2)16-13(19)11-8-9-20-14(11)15-12(18)10-6-4-3-5-7-10/h3-9H,1-2H3,(H,15,18)(H,16,19). The third kappa shape index (κ3) is 3.43. The predicted molar refractivity (Wildman–Crippen MR) is 79.9 cm³/mol. The molecule has 0 saturated heterocycles. The highest BCUT2D eigenvalue weighted by atomic mass is 32.1. The topological polar surface area (TPSA) is 61.4 Å². The molecule has 1 aromatic carbocycles. The molecule has 6 heteroatoms. The normalized spacial score (nSPS) is 10.3. The number of hydrogen-bond donors (Lipinski definition) is 2. The van der Waals surface area contributed by atoms with Gasteiger partial charge in [-0.25, -0.2) is 5.01 Å². The third-order valence-electron chi connectivity index (χ3n) is 2.50. The van der Waals surface area contributed by atoms with Gasteiger partial charge in [-0.1, -0.05) is 18.2 Å². The third-order valence-corrected chi connectivity index (χ3v) is 3.33. The predicted octanol–water partition coefficient (Wildman–Crippen LogP) is 2.21. The van der Waals surface area contributed by atoms with Gasteiger partial charge in [0.25, 0.3) is 11.8 Å². The van der Waals surface area contributed by atoms with Crippen molar-refractivity contribution < 1.29 is 9.59 Å². The fourth-order valence-corrected chi connectivity index (χ4v) is 2.39. The second-order valence-corrected chi connectivity index (χ2v) is 5.24. The molecule has 1 heterocycles. The molecule has 2 N–H and O–H groups in total. The number of nitrogens with one attached hydrogen (secondary N) is 2. The van der Waals surface area contributed by atoms with E-state index in [-0.39, 0.29) is 11.8 Å². The SMILES string of the molecule is CN(C)NC(=O)c1ccsc1NC(=O)c1ccccc1. The number of thiophene rings is 1. The van der Waals surface area contributed by atoms with E-state index in [0.29, 0.717) is 16.1 Å².